The van der Waals surface area contributed by atoms with Gasteiger partial charge in [0.1, 0.15) is 91.3 Å². The van der Waals surface area contributed by atoms with Gasteiger partial charge in [0, 0.05) is 95.6 Å². The van der Waals surface area contributed by atoms with Crippen LogP contribution in [0.5, 0.6) is 34.5 Å². The summed E-state index contributed by atoms with van der Waals surface area (Å²) in [5.41, 5.74) is 5.72. The first-order chi connectivity index (χ1) is 54.0. The third-order valence-electron chi connectivity index (χ3n) is 22.3. The van der Waals surface area contributed by atoms with E-state index < -0.39 is 59.1 Å². The van der Waals surface area contributed by atoms with Crippen molar-refractivity contribution in [2.45, 2.75) is 186 Å². The van der Waals surface area contributed by atoms with Crippen LogP contribution < -0.4 is 39.1 Å². The number of pyridine rings is 2. The Bertz CT molecular complexity index is 4830. The molecule has 3 N–H and O–H groups in total. The lowest BCUT2D eigenvalue weighted by Crippen LogP contribution is -2.55. The van der Waals surface area contributed by atoms with Gasteiger partial charge in [0.25, 0.3) is 0 Å². The summed E-state index contributed by atoms with van der Waals surface area (Å²) in [7, 11) is 6.50. The number of carbonyl (C=O) groups is 6. The Kier molecular flexibility index (Phi) is 24.7. The molecule has 112 heavy (non-hydrogen) atoms. The highest BCUT2D eigenvalue weighted by Gasteiger charge is 2.63. The molecule has 8 heterocycles. The van der Waals surface area contributed by atoms with Gasteiger partial charge < -0.3 is 68.5 Å². The first-order valence-electron chi connectivity index (χ1n) is 39.0. The molecular formula is C86H102N10O14S2. The van der Waals surface area contributed by atoms with Gasteiger partial charge in [0.05, 0.1) is 70.6 Å². The Morgan fingerprint density at radius 1 is 0.554 bits per heavy atom. The monoisotopic (exact) mass is 1560 g/mol. The van der Waals surface area contributed by atoms with Gasteiger partial charge >= 0.3 is 24.0 Å². The van der Waals surface area contributed by atoms with Crippen molar-refractivity contribution in [1.29, 1.82) is 0 Å². The minimum absolute atomic E-state index is 0.127. The smallest absolute Gasteiger partial charge is 0.332 e. The van der Waals surface area contributed by atoms with Gasteiger partial charge in [-0.15, -0.1) is 22.7 Å². The molecule has 24 nitrogen and oxygen atoms in total. The number of allylic oxidation sites excluding steroid dienone is 2. The van der Waals surface area contributed by atoms with Crippen LogP contribution in [0.3, 0.4) is 0 Å². The first-order valence-corrected chi connectivity index (χ1v) is 40.8. The molecule has 8 aromatic rings. The Balaban J connectivity index is 0.000000196. The predicted molar refractivity (Wildman–Crippen MR) is 431 cm³/mol. The maximum Gasteiger partial charge on any atom is 0.332 e. The fourth-order valence-corrected chi connectivity index (χ4v) is 17.4. The number of aliphatic carboxylic acids is 1. The maximum absolute atomic E-state index is 14.8. The first kappa shape index (κ1) is 79.7. The number of aryl methyl sites for hydroxylation is 2. The number of amides is 6. The standard InChI is InChI=1S/C44H53N5O7S.C42H49N5O7S/c1-7-55-42(51)44-23-30(44)13-11-9-8-10-12-20-48(24-29-14-16-31(53-5)17-15-29)43(52)49-25-32(21-36(49)40(50)47-44)56-38-22-34(41-46-35(26-57-41)27(2)3)45-39-28(4)37(54-6)19-18-33(38)39;1-25(2)33-24-55-39(44-33)32-20-36(31-16-17-35(53-5)26(3)37(31)43-32)54-30-19-34-38(48)45-42(40(49)50)21-28(42)11-9-7-6-8-10-18-46(41(51)47(34)23-30)22-27-12-14-29(52-4)15-13-27/h11,13-19,22,26-27,30,32,36H,7-10,12,20-21,23-25H2,1-6H3,(H,47,50);9,11-17,20,24-25,28,30,34H,6-8,10,18-19,21-23H2,1-5H3,(H,45,48)(H,49,50)/b13-11-;11-9-/t30-,32-,36+,44-;28-,30-,34+,42-/m11/s1. The van der Waals surface area contributed by atoms with Crippen molar-refractivity contribution in [2.75, 3.05) is 61.2 Å². The number of carbonyl (C=O) groups excluding carboxylic acids is 5. The van der Waals surface area contributed by atoms with E-state index in [9.17, 15) is 33.9 Å². The van der Waals surface area contributed by atoms with Crippen molar-refractivity contribution < 1.29 is 67.0 Å². The summed E-state index contributed by atoms with van der Waals surface area (Å²) in [5.74, 6) is 1.57. The number of hydrogen-bond donors (Lipinski definition) is 3. The topological polar surface area (TPSA) is 276 Å². The third kappa shape index (κ3) is 17.3. The van der Waals surface area contributed by atoms with Crippen LogP contribution in [0.1, 0.15) is 157 Å². The van der Waals surface area contributed by atoms with Crippen LogP contribution in [0, 0.1) is 25.7 Å². The van der Waals surface area contributed by atoms with Crippen molar-refractivity contribution >= 4 is 80.3 Å². The van der Waals surface area contributed by atoms with E-state index in [2.05, 4.69) is 49.8 Å². The average Bonchev–Trinajstić information content (AvgIpc) is 1.57. The van der Waals surface area contributed by atoms with Crippen LogP contribution in [0.4, 0.5) is 9.59 Å². The van der Waals surface area contributed by atoms with E-state index in [0.29, 0.717) is 78.9 Å². The van der Waals surface area contributed by atoms with Crippen molar-refractivity contribution in [3.8, 4) is 55.9 Å². The molecule has 4 aromatic heterocycles. The summed E-state index contributed by atoms with van der Waals surface area (Å²) in [6, 6.07) is 24.3. The van der Waals surface area contributed by atoms with Crippen LogP contribution in [0.2, 0.25) is 0 Å². The molecule has 4 aromatic carbocycles. The molecule has 0 radical (unpaired) electrons. The number of hydrogen-bond acceptors (Lipinski definition) is 19. The molecule has 0 bridgehead atoms. The van der Waals surface area contributed by atoms with E-state index >= 15 is 0 Å². The Hall–Kier alpha value is -10.3. The van der Waals surface area contributed by atoms with Crippen LogP contribution >= 0.6 is 22.7 Å². The molecule has 2 aliphatic carbocycles. The number of thiazole rings is 2. The molecule has 4 fully saturated rings. The minimum atomic E-state index is -1.40. The number of benzene rings is 4. The summed E-state index contributed by atoms with van der Waals surface area (Å²) in [5, 5.41) is 23.5. The van der Waals surface area contributed by atoms with Crippen LogP contribution in [-0.4, -0.2) is 177 Å². The number of carboxylic acid groups (broad SMARTS) is 1. The number of urea groups is 2. The second-order valence-corrected chi connectivity index (χ2v) is 32.3. The molecule has 6 aliphatic rings. The summed E-state index contributed by atoms with van der Waals surface area (Å²) in [6.07, 6.45) is 15.0. The van der Waals surface area contributed by atoms with E-state index in [1.807, 2.05) is 127 Å². The molecule has 4 aliphatic heterocycles. The maximum atomic E-state index is 14.8. The van der Waals surface area contributed by atoms with Gasteiger partial charge in [-0.1, -0.05) is 89.1 Å². The highest BCUT2D eigenvalue weighted by molar-refractivity contribution is 7.13. The second-order valence-electron chi connectivity index (χ2n) is 30.6. The Labute approximate surface area is 662 Å². The number of aromatic nitrogens is 4. The largest absolute Gasteiger partial charge is 0.497 e. The fraction of sp³-hybridized carbons (Fsp3) is 0.465. The number of rotatable bonds is 19. The SMILES string of the molecule is CCOC(=O)[C@@]12C[C@H]1/C=C\CCCCCN(Cc1ccc(OC)cc1)C(=O)N1C[C@H](Oc3cc(-c4nc(C(C)C)cs4)nc4c(C)c(OC)ccc34)C[C@H]1C(=O)N2.COc1ccc(CN2CCCCC/C=C\[C@@H]3C[C@@]3(C(=O)O)NC(=O)[C@@H]3C[C@@H](Oc4cc(-c5nc(C(C)C)cs5)nc5c(C)c(OC)ccc45)CN3C2=O)cc1. The number of nitrogens with one attached hydrogen (secondary N) is 2. The number of nitrogens with zero attached hydrogens (tertiary/aromatic N) is 8. The average molecular weight is 1560 g/mol. The molecule has 0 spiro atoms. The zero-order chi connectivity index (χ0) is 79.1. The van der Waals surface area contributed by atoms with Gasteiger partial charge in [-0.3, -0.25) is 9.59 Å². The lowest BCUT2D eigenvalue weighted by molar-refractivity contribution is -0.149. The van der Waals surface area contributed by atoms with Crippen molar-refractivity contribution in [3.63, 3.8) is 0 Å². The second kappa shape index (κ2) is 34.7. The predicted octanol–water partition coefficient (Wildman–Crippen LogP) is 15.2. The Morgan fingerprint density at radius 3 is 1.38 bits per heavy atom. The highest BCUT2D eigenvalue weighted by atomic mass is 32.1. The van der Waals surface area contributed by atoms with E-state index in [-0.39, 0.29) is 68.3 Å². The lowest BCUT2D eigenvalue weighted by atomic mass is 10.1. The number of ether oxygens (including phenoxy) is 7. The van der Waals surface area contributed by atoms with E-state index in [1.54, 1.807) is 50.1 Å². The van der Waals surface area contributed by atoms with Crippen molar-refractivity contribution in [2.24, 2.45) is 11.8 Å². The molecule has 8 atom stereocenters. The van der Waals surface area contributed by atoms with Gasteiger partial charge in [0.2, 0.25) is 11.8 Å². The van der Waals surface area contributed by atoms with Crippen molar-refractivity contribution in [1.82, 2.24) is 50.2 Å². The molecule has 592 valence electrons. The summed E-state index contributed by atoms with van der Waals surface area (Å²) < 4.78 is 41.2. The molecule has 2 saturated heterocycles. The van der Waals surface area contributed by atoms with E-state index in [1.165, 1.54) is 22.7 Å². The number of esters is 1. The van der Waals surface area contributed by atoms with Crippen molar-refractivity contribution in [3.05, 3.63) is 154 Å². The zero-order valence-electron chi connectivity index (χ0n) is 65.7. The van der Waals surface area contributed by atoms with Crippen LogP contribution in [0.15, 0.2) is 120 Å². The molecule has 2 saturated carbocycles. The quantitative estimate of drug-likeness (QED) is 0.0501. The number of methoxy groups -OCH3 is 4. The van der Waals surface area contributed by atoms with E-state index in [0.717, 1.165) is 123 Å². The minimum Gasteiger partial charge on any atom is -0.497 e. The van der Waals surface area contributed by atoms with E-state index in [4.69, 9.17) is 53.1 Å². The van der Waals surface area contributed by atoms with Gasteiger partial charge in [0.15, 0.2) is 0 Å². The highest BCUT2D eigenvalue weighted by Crippen LogP contribution is 2.48. The molecule has 0 unspecified atom stereocenters. The van der Waals surface area contributed by atoms with Crippen LogP contribution in [0.25, 0.3) is 43.2 Å². The summed E-state index contributed by atoms with van der Waals surface area (Å²) in [6.45, 7) is 16.3. The normalized spacial score (nSPS) is 23.5. The van der Waals surface area contributed by atoms with Crippen LogP contribution in [-0.2, 0) is 37.0 Å². The van der Waals surface area contributed by atoms with Gasteiger partial charge in [-0.2, -0.15) is 0 Å². The fourth-order valence-electron chi connectivity index (χ4n) is 15.5. The zero-order valence-corrected chi connectivity index (χ0v) is 67.4. The molecule has 26 heteroatoms. The third-order valence-corrected chi connectivity index (χ3v) is 24.1. The summed E-state index contributed by atoms with van der Waals surface area (Å²) >= 11 is 3.05. The molecule has 6 amide bonds. The van der Waals surface area contributed by atoms with Gasteiger partial charge in [-0.25, -0.2) is 39.1 Å². The summed E-state index contributed by atoms with van der Waals surface area (Å²) in [4.78, 5) is 111. The molecular weight excluding hydrogens is 1460 g/mol. The Morgan fingerprint density at radius 2 is 0.982 bits per heavy atom. The van der Waals surface area contributed by atoms with Gasteiger partial charge in [-0.05, 0) is 144 Å². The lowest BCUT2D eigenvalue weighted by Gasteiger charge is -2.32. The molecule has 14 rings (SSSR count). The number of fused-ring (bicyclic) bond motifs is 6. The number of carboxylic acids is 1.